The van der Waals surface area contributed by atoms with Gasteiger partial charge in [0.05, 0.1) is 16.1 Å². The van der Waals surface area contributed by atoms with E-state index in [1.54, 1.807) is 11.5 Å². The van der Waals surface area contributed by atoms with Gasteiger partial charge in [0.1, 0.15) is 11.5 Å². The molecule has 0 saturated heterocycles. The normalized spacial score (nSPS) is 15.5. The Morgan fingerprint density at radius 3 is 2.50 bits per heavy atom. The lowest BCUT2D eigenvalue weighted by molar-refractivity contribution is -0.118. The number of hydrogen-bond donors (Lipinski definition) is 2. The maximum atomic E-state index is 13.5. The maximum absolute atomic E-state index is 13.5. The summed E-state index contributed by atoms with van der Waals surface area (Å²) >= 11 is 5.83. The van der Waals surface area contributed by atoms with Gasteiger partial charge in [-0.1, -0.05) is 41.9 Å². The zero-order valence-electron chi connectivity index (χ0n) is 18.6. The number of Topliss-reactive ketones (excluding diaryl/α,β-unsaturated/α-hetero) is 1. The first kappa shape index (κ1) is 22.3. The third-order valence-corrected chi connectivity index (χ3v) is 6.95. The Morgan fingerprint density at radius 2 is 1.82 bits per heavy atom. The molecule has 0 bridgehead atoms. The second kappa shape index (κ2) is 8.40. The number of halogens is 2. The van der Waals surface area contributed by atoms with Gasteiger partial charge in [-0.25, -0.2) is 4.39 Å². The van der Waals surface area contributed by atoms with Gasteiger partial charge in [-0.15, -0.1) is 0 Å². The predicted octanol–water partition coefficient (Wildman–Crippen LogP) is 4.78. The van der Waals surface area contributed by atoms with Crippen molar-refractivity contribution in [3.8, 4) is 0 Å². The van der Waals surface area contributed by atoms with E-state index in [1.807, 2.05) is 30.3 Å². The second-order valence-electron chi connectivity index (χ2n) is 8.86. The number of benzene rings is 2. The van der Waals surface area contributed by atoms with Crippen molar-refractivity contribution < 1.29 is 18.8 Å². The van der Waals surface area contributed by atoms with Crippen LogP contribution in [0.1, 0.15) is 56.9 Å². The van der Waals surface area contributed by atoms with Crippen LogP contribution in [0.4, 0.5) is 10.1 Å². The lowest BCUT2D eigenvalue weighted by Gasteiger charge is -2.17. The van der Waals surface area contributed by atoms with E-state index in [4.69, 9.17) is 11.6 Å². The molecule has 2 amide bonds. The highest BCUT2D eigenvalue weighted by Gasteiger charge is 2.47. The Kier molecular flexibility index (Phi) is 5.52. The van der Waals surface area contributed by atoms with E-state index in [2.05, 4.69) is 10.6 Å². The van der Waals surface area contributed by atoms with Crippen LogP contribution in [0, 0.1) is 12.7 Å². The van der Waals surface area contributed by atoms with Crippen LogP contribution in [0.3, 0.4) is 0 Å². The van der Waals surface area contributed by atoms with Gasteiger partial charge in [-0.05, 0) is 61.9 Å². The molecule has 3 aromatic rings. The summed E-state index contributed by atoms with van der Waals surface area (Å²) in [5.41, 5.74) is 2.60. The van der Waals surface area contributed by atoms with Crippen LogP contribution < -0.4 is 10.6 Å². The fraction of sp³-hybridized carbons (Fsp3) is 0.269. The number of carbonyl (C=O) groups excluding carboxylic acids is 3. The van der Waals surface area contributed by atoms with E-state index in [0.717, 1.165) is 24.8 Å². The fourth-order valence-electron chi connectivity index (χ4n) is 4.83. The fourth-order valence-corrected chi connectivity index (χ4v) is 5.01. The zero-order chi connectivity index (χ0) is 24.0. The number of anilines is 1. The summed E-state index contributed by atoms with van der Waals surface area (Å²) in [6.07, 6.45) is 2.93. The minimum Gasteiger partial charge on any atom is -0.340 e. The van der Waals surface area contributed by atoms with Gasteiger partial charge in [0.15, 0.2) is 0 Å². The molecule has 1 aliphatic heterocycles. The first-order chi connectivity index (χ1) is 16.3. The second-order valence-corrected chi connectivity index (χ2v) is 9.27. The molecule has 1 saturated carbocycles. The van der Waals surface area contributed by atoms with Crippen molar-refractivity contribution in [2.24, 2.45) is 0 Å². The van der Waals surface area contributed by atoms with Gasteiger partial charge in [0, 0.05) is 17.9 Å². The smallest absolute Gasteiger partial charge is 0.293 e. The van der Waals surface area contributed by atoms with E-state index in [0.29, 0.717) is 41.2 Å². The molecule has 1 aliphatic carbocycles. The summed E-state index contributed by atoms with van der Waals surface area (Å²) in [6.45, 7) is 2.26. The number of carbonyl (C=O) groups is 3. The number of rotatable bonds is 6. The van der Waals surface area contributed by atoms with Crippen LogP contribution in [0.25, 0.3) is 0 Å². The van der Waals surface area contributed by atoms with Crippen molar-refractivity contribution >= 4 is 34.9 Å². The molecule has 2 heterocycles. The summed E-state index contributed by atoms with van der Waals surface area (Å²) in [5.74, 6) is -2.32. The third kappa shape index (κ3) is 3.80. The molecule has 6 nitrogen and oxygen atoms in total. The Labute approximate surface area is 201 Å². The standard InChI is InChI=1S/C26H23ClFN3O3/c1-15-21(23(32)25(34)30-26(11-12-26)16-6-3-2-4-7-16)20-8-5-13-31(20)22(15)24(33)29-17-9-10-19(28)18(27)14-17/h2-4,6-7,9-10,14H,5,8,11-13H2,1H3,(H,29,33)(H,30,34). The lowest BCUT2D eigenvalue weighted by atomic mass is 10.0. The molecule has 2 N–H and O–H groups in total. The Morgan fingerprint density at radius 1 is 1.09 bits per heavy atom. The topological polar surface area (TPSA) is 80.2 Å². The number of nitrogens with one attached hydrogen (secondary N) is 2. The Balaban J connectivity index is 1.42. The highest BCUT2D eigenvalue weighted by Crippen LogP contribution is 2.45. The molecule has 0 unspecified atom stereocenters. The molecule has 0 spiro atoms. The van der Waals surface area contributed by atoms with Gasteiger partial charge in [0.2, 0.25) is 0 Å². The van der Waals surface area contributed by atoms with Crippen molar-refractivity contribution in [1.82, 2.24) is 9.88 Å². The van der Waals surface area contributed by atoms with E-state index in [-0.39, 0.29) is 5.02 Å². The molecular weight excluding hydrogens is 457 g/mol. The third-order valence-electron chi connectivity index (χ3n) is 6.66. The molecule has 5 rings (SSSR count). The van der Waals surface area contributed by atoms with Crippen LogP contribution in [-0.2, 0) is 23.3 Å². The number of ketones is 1. The maximum Gasteiger partial charge on any atom is 0.293 e. The summed E-state index contributed by atoms with van der Waals surface area (Å²) < 4.78 is 15.3. The SMILES string of the molecule is Cc1c(C(=O)C(=O)NC2(c3ccccc3)CC2)c2n(c1C(=O)Nc1ccc(F)c(Cl)c1)CCC2. The Bertz CT molecular complexity index is 1330. The van der Waals surface area contributed by atoms with Crippen LogP contribution in [0.15, 0.2) is 48.5 Å². The summed E-state index contributed by atoms with van der Waals surface area (Å²) in [5, 5.41) is 5.57. The van der Waals surface area contributed by atoms with Gasteiger partial charge >= 0.3 is 0 Å². The largest absolute Gasteiger partial charge is 0.340 e. The van der Waals surface area contributed by atoms with Crippen molar-refractivity contribution in [2.45, 2.75) is 44.7 Å². The molecule has 8 heteroatoms. The van der Waals surface area contributed by atoms with Gasteiger partial charge in [0.25, 0.3) is 17.6 Å². The molecule has 0 atom stereocenters. The van der Waals surface area contributed by atoms with Crippen LogP contribution in [0.5, 0.6) is 0 Å². The van der Waals surface area contributed by atoms with Gasteiger partial charge in [-0.2, -0.15) is 0 Å². The first-order valence-corrected chi connectivity index (χ1v) is 11.6. The van der Waals surface area contributed by atoms with E-state index >= 15 is 0 Å². The minimum atomic E-state index is -0.665. The number of fused-ring (bicyclic) bond motifs is 1. The van der Waals surface area contributed by atoms with Crippen molar-refractivity contribution in [2.75, 3.05) is 5.32 Å². The lowest BCUT2D eigenvalue weighted by Crippen LogP contribution is -2.39. The summed E-state index contributed by atoms with van der Waals surface area (Å²) in [6, 6.07) is 13.5. The van der Waals surface area contributed by atoms with Gasteiger partial charge < -0.3 is 15.2 Å². The minimum absolute atomic E-state index is 0.102. The van der Waals surface area contributed by atoms with E-state index < -0.39 is 29.0 Å². The van der Waals surface area contributed by atoms with Crippen molar-refractivity contribution in [3.05, 3.63) is 87.4 Å². The summed E-state index contributed by atoms with van der Waals surface area (Å²) in [4.78, 5) is 39.5. The highest BCUT2D eigenvalue weighted by molar-refractivity contribution is 6.44. The molecule has 34 heavy (non-hydrogen) atoms. The average molecular weight is 480 g/mol. The van der Waals surface area contributed by atoms with Crippen LogP contribution in [-0.4, -0.2) is 22.2 Å². The van der Waals surface area contributed by atoms with Gasteiger partial charge in [-0.3, -0.25) is 14.4 Å². The van der Waals surface area contributed by atoms with Crippen molar-refractivity contribution in [1.29, 1.82) is 0 Å². The quantitative estimate of drug-likeness (QED) is 0.394. The average Bonchev–Trinajstić information content (AvgIpc) is 3.36. The number of aromatic nitrogens is 1. The molecule has 174 valence electrons. The molecule has 0 radical (unpaired) electrons. The van der Waals surface area contributed by atoms with E-state index in [9.17, 15) is 18.8 Å². The number of hydrogen-bond acceptors (Lipinski definition) is 3. The number of nitrogens with zero attached hydrogens (tertiary/aromatic N) is 1. The van der Waals surface area contributed by atoms with Crippen molar-refractivity contribution in [3.63, 3.8) is 0 Å². The first-order valence-electron chi connectivity index (χ1n) is 11.2. The molecule has 2 aliphatic rings. The molecule has 2 aromatic carbocycles. The zero-order valence-corrected chi connectivity index (χ0v) is 19.3. The van der Waals surface area contributed by atoms with Crippen LogP contribution in [0.2, 0.25) is 5.02 Å². The molecule has 1 aromatic heterocycles. The molecule has 1 fully saturated rings. The predicted molar refractivity (Wildman–Crippen MR) is 127 cm³/mol. The van der Waals surface area contributed by atoms with E-state index in [1.165, 1.54) is 18.2 Å². The summed E-state index contributed by atoms with van der Waals surface area (Å²) in [7, 11) is 0. The highest BCUT2D eigenvalue weighted by atomic mass is 35.5. The van der Waals surface area contributed by atoms with Crippen LogP contribution >= 0.6 is 11.6 Å². The monoisotopic (exact) mass is 479 g/mol. The Hall–Kier alpha value is -3.45. The molecular formula is C26H23ClFN3O3. The number of amides is 2.